The Morgan fingerprint density at radius 2 is 1.62 bits per heavy atom. The molecule has 1 atom stereocenters. The van der Waals surface area contributed by atoms with Gasteiger partial charge in [0.05, 0.1) is 11.2 Å². The molecule has 3 rings (SSSR count). The largest absolute Gasteiger partial charge is 0.494 e. The Hall–Kier alpha value is -0.995. The van der Waals surface area contributed by atoms with Crippen LogP contribution < -0.4 is 10.4 Å². The van der Waals surface area contributed by atoms with Crippen molar-refractivity contribution >= 4 is 18.3 Å². The van der Waals surface area contributed by atoms with E-state index in [-0.39, 0.29) is 18.3 Å². The molecule has 4 heteroatoms. The van der Waals surface area contributed by atoms with E-state index in [2.05, 4.69) is 63.8 Å². The van der Waals surface area contributed by atoms with Crippen LogP contribution in [0.4, 0.5) is 5.69 Å². The third kappa shape index (κ3) is 2.71. The Morgan fingerprint density at radius 3 is 2.10 bits per heavy atom. The second-order valence-electron chi connectivity index (χ2n) is 7.52. The summed E-state index contributed by atoms with van der Waals surface area (Å²) in [6, 6.07) is 8.66. The Bertz CT molecular complexity index is 496. The van der Waals surface area contributed by atoms with Crippen LogP contribution in [0.25, 0.3) is 0 Å². The minimum atomic E-state index is -0.277. The van der Waals surface area contributed by atoms with E-state index in [1.807, 2.05) is 0 Å². The molecular weight excluding hydrogens is 261 g/mol. The highest BCUT2D eigenvalue weighted by atomic mass is 16.7. The molecule has 2 saturated heterocycles. The maximum absolute atomic E-state index is 6.10. The second kappa shape index (κ2) is 5.03. The first-order valence-corrected chi connectivity index (χ1v) is 7.99. The van der Waals surface area contributed by atoms with Crippen LogP contribution in [0.2, 0.25) is 0 Å². The highest BCUT2D eigenvalue weighted by Gasteiger charge is 2.51. The summed E-state index contributed by atoms with van der Waals surface area (Å²) >= 11 is 0. The predicted molar refractivity (Wildman–Crippen MR) is 88.2 cm³/mol. The summed E-state index contributed by atoms with van der Waals surface area (Å²) in [6.45, 7) is 13.0. The summed E-state index contributed by atoms with van der Waals surface area (Å²) in [6.07, 6.45) is 1.29. The Balaban J connectivity index is 1.74. The van der Waals surface area contributed by atoms with E-state index >= 15 is 0 Å². The number of rotatable bonds is 2. The number of anilines is 1. The fourth-order valence-electron chi connectivity index (χ4n) is 2.99. The molecule has 0 bridgehead atoms. The second-order valence-corrected chi connectivity index (χ2v) is 7.52. The van der Waals surface area contributed by atoms with Crippen molar-refractivity contribution in [2.24, 2.45) is 5.92 Å². The molecule has 0 amide bonds. The van der Waals surface area contributed by atoms with E-state index < -0.39 is 0 Å². The SMILES string of the molecule is C[C@@H]1CCN(c2ccc(B3OC(C)(C)C(C)(C)O3)cc2)C1. The van der Waals surface area contributed by atoms with Crippen LogP contribution in [0.3, 0.4) is 0 Å². The van der Waals surface area contributed by atoms with Gasteiger partial charge in [-0.3, -0.25) is 0 Å². The van der Waals surface area contributed by atoms with Gasteiger partial charge in [-0.1, -0.05) is 19.1 Å². The first-order valence-electron chi connectivity index (χ1n) is 7.99. The lowest BCUT2D eigenvalue weighted by Crippen LogP contribution is -2.41. The fraction of sp³-hybridized carbons (Fsp3) is 0.647. The van der Waals surface area contributed by atoms with Crippen LogP contribution in [0, 0.1) is 5.92 Å². The van der Waals surface area contributed by atoms with Gasteiger partial charge in [-0.2, -0.15) is 0 Å². The molecule has 0 radical (unpaired) electrons. The third-order valence-corrected chi connectivity index (χ3v) is 5.21. The van der Waals surface area contributed by atoms with Gasteiger partial charge >= 0.3 is 7.12 Å². The quantitative estimate of drug-likeness (QED) is 0.781. The summed E-state index contributed by atoms with van der Waals surface area (Å²) in [5, 5.41) is 0. The van der Waals surface area contributed by atoms with Gasteiger partial charge in [0.1, 0.15) is 0 Å². The Labute approximate surface area is 128 Å². The van der Waals surface area contributed by atoms with Gasteiger partial charge in [-0.15, -0.1) is 0 Å². The van der Waals surface area contributed by atoms with Gasteiger partial charge in [0.25, 0.3) is 0 Å². The molecule has 2 aliphatic heterocycles. The van der Waals surface area contributed by atoms with E-state index in [1.165, 1.54) is 12.1 Å². The van der Waals surface area contributed by atoms with E-state index in [1.54, 1.807) is 0 Å². The molecule has 0 spiro atoms. The third-order valence-electron chi connectivity index (χ3n) is 5.21. The van der Waals surface area contributed by atoms with Gasteiger partial charge in [-0.25, -0.2) is 0 Å². The van der Waals surface area contributed by atoms with Crippen molar-refractivity contribution in [1.29, 1.82) is 0 Å². The molecular formula is C17H26BNO2. The van der Waals surface area contributed by atoms with Crippen LogP contribution in [0.15, 0.2) is 24.3 Å². The number of hydrogen-bond acceptors (Lipinski definition) is 3. The van der Waals surface area contributed by atoms with E-state index in [0.717, 1.165) is 24.5 Å². The monoisotopic (exact) mass is 287 g/mol. The predicted octanol–water partition coefficient (Wildman–Crippen LogP) is 2.83. The number of benzene rings is 1. The van der Waals surface area contributed by atoms with Crippen LogP contribution in [-0.4, -0.2) is 31.4 Å². The van der Waals surface area contributed by atoms with Crippen molar-refractivity contribution in [1.82, 2.24) is 0 Å². The molecule has 0 aromatic heterocycles. The highest BCUT2D eigenvalue weighted by Crippen LogP contribution is 2.36. The molecule has 2 heterocycles. The number of hydrogen-bond donors (Lipinski definition) is 0. The highest BCUT2D eigenvalue weighted by molar-refractivity contribution is 6.62. The molecule has 114 valence electrons. The van der Waals surface area contributed by atoms with Crippen molar-refractivity contribution < 1.29 is 9.31 Å². The first kappa shape index (κ1) is 14.9. The van der Waals surface area contributed by atoms with Crippen molar-refractivity contribution in [3.8, 4) is 0 Å². The van der Waals surface area contributed by atoms with Crippen LogP contribution in [0.1, 0.15) is 41.0 Å². The summed E-state index contributed by atoms with van der Waals surface area (Å²) in [7, 11) is -0.262. The standard InChI is InChI=1S/C17H26BNO2/c1-13-10-11-19(12-13)15-8-6-14(7-9-15)18-20-16(2,3)17(4,5)21-18/h6-9,13H,10-12H2,1-5H3/t13-/m1/s1. The summed E-state index contributed by atoms with van der Waals surface area (Å²) in [5.74, 6) is 0.799. The fourth-order valence-corrected chi connectivity index (χ4v) is 2.99. The lowest BCUT2D eigenvalue weighted by Gasteiger charge is -2.32. The van der Waals surface area contributed by atoms with Crippen molar-refractivity contribution in [2.75, 3.05) is 18.0 Å². The minimum Gasteiger partial charge on any atom is -0.399 e. The Kier molecular flexibility index (Phi) is 3.57. The van der Waals surface area contributed by atoms with Crippen LogP contribution >= 0.6 is 0 Å². The lowest BCUT2D eigenvalue weighted by atomic mass is 9.79. The van der Waals surface area contributed by atoms with Gasteiger partial charge < -0.3 is 14.2 Å². The van der Waals surface area contributed by atoms with Crippen molar-refractivity contribution in [3.05, 3.63) is 24.3 Å². The molecule has 2 fully saturated rings. The molecule has 0 N–H and O–H groups in total. The lowest BCUT2D eigenvalue weighted by molar-refractivity contribution is 0.00578. The van der Waals surface area contributed by atoms with Crippen LogP contribution in [-0.2, 0) is 9.31 Å². The molecule has 2 aliphatic rings. The van der Waals surface area contributed by atoms with Gasteiger partial charge in [-0.05, 0) is 57.6 Å². The topological polar surface area (TPSA) is 21.7 Å². The minimum absolute atomic E-state index is 0.262. The first-order chi connectivity index (χ1) is 9.78. The van der Waals surface area contributed by atoms with Crippen LogP contribution in [0.5, 0.6) is 0 Å². The molecule has 3 nitrogen and oxygen atoms in total. The summed E-state index contributed by atoms with van der Waals surface area (Å²) in [4.78, 5) is 2.46. The molecule has 1 aromatic rings. The molecule has 21 heavy (non-hydrogen) atoms. The Morgan fingerprint density at radius 1 is 1.05 bits per heavy atom. The van der Waals surface area contributed by atoms with Gasteiger partial charge in [0.15, 0.2) is 0 Å². The summed E-state index contributed by atoms with van der Waals surface area (Å²) < 4.78 is 12.2. The van der Waals surface area contributed by atoms with E-state index in [9.17, 15) is 0 Å². The van der Waals surface area contributed by atoms with Crippen molar-refractivity contribution in [2.45, 2.75) is 52.2 Å². The maximum Gasteiger partial charge on any atom is 0.494 e. The van der Waals surface area contributed by atoms with E-state index in [0.29, 0.717) is 0 Å². The zero-order chi connectivity index (χ0) is 15.3. The van der Waals surface area contributed by atoms with E-state index in [4.69, 9.17) is 9.31 Å². The van der Waals surface area contributed by atoms with Crippen molar-refractivity contribution in [3.63, 3.8) is 0 Å². The molecule has 0 aliphatic carbocycles. The normalized spacial score (nSPS) is 27.4. The molecule has 0 unspecified atom stereocenters. The molecule has 1 aromatic carbocycles. The average molecular weight is 287 g/mol. The number of nitrogens with zero attached hydrogens (tertiary/aromatic N) is 1. The smallest absolute Gasteiger partial charge is 0.399 e. The van der Waals surface area contributed by atoms with Gasteiger partial charge in [0, 0.05) is 18.8 Å². The zero-order valence-electron chi connectivity index (χ0n) is 13.8. The average Bonchev–Trinajstić information content (AvgIpc) is 2.92. The summed E-state index contributed by atoms with van der Waals surface area (Å²) in [5.41, 5.74) is 1.85. The molecule has 0 saturated carbocycles. The maximum atomic E-state index is 6.10. The zero-order valence-corrected chi connectivity index (χ0v) is 13.8. The van der Waals surface area contributed by atoms with Gasteiger partial charge in [0.2, 0.25) is 0 Å².